The lowest BCUT2D eigenvalue weighted by Gasteiger charge is -2.15. The fourth-order valence-corrected chi connectivity index (χ4v) is 1.61. The molecule has 0 fully saturated rings. The monoisotopic (exact) mass is 231 g/mol. The third-order valence-corrected chi connectivity index (χ3v) is 2.64. The van der Waals surface area contributed by atoms with Crippen LogP contribution in [0.5, 0.6) is 0 Å². The lowest BCUT2D eigenvalue weighted by molar-refractivity contribution is -0.137. The lowest BCUT2D eigenvalue weighted by atomic mass is 10.0. The van der Waals surface area contributed by atoms with E-state index < -0.39 is 11.7 Å². The molecule has 1 aromatic carbocycles. The predicted octanol–water partition coefficient (Wildman–Crippen LogP) is 3.25. The fraction of sp³-hybridized carbons (Fsp3) is 0.500. The molecule has 1 nitrogen and oxygen atoms in total. The highest BCUT2D eigenvalue weighted by atomic mass is 19.4. The maximum atomic E-state index is 12.5. The van der Waals surface area contributed by atoms with Crippen molar-refractivity contribution in [3.8, 4) is 0 Å². The zero-order valence-corrected chi connectivity index (χ0v) is 9.43. The topological polar surface area (TPSA) is 12.0 Å². The largest absolute Gasteiger partial charge is 0.416 e. The summed E-state index contributed by atoms with van der Waals surface area (Å²) in [5, 5.41) is 3.08. The average Bonchev–Trinajstić information content (AvgIpc) is 2.25. The molecule has 0 amide bonds. The van der Waals surface area contributed by atoms with E-state index in [1.54, 1.807) is 6.07 Å². The van der Waals surface area contributed by atoms with Crippen LogP contribution in [0.2, 0.25) is 0 Å². The Morgan fingerprint density at radius 3 is 2.50 bits per heavy atom. The lowest BCUT2D eigenvalue weighted by Crippen LogP contribution is -2.26. The van der Waals surface area contributed by atoms with Crippen molar-refractivity contribution in [2.45, 2.75) is 32.0 Å². The molecule has 0 heterocycles. The maximum Gasteiger partial charge on any atom is 0.416 e. The molecule has 0 spiro atoms. The van der Waals surface area contributed by atoms with E-state index in [1.165, 1.54) is 12.1 Å². The zero-order valence-electron chi connectivity index (χ0n) is 9.43. The van der Waals surface area contributed by atoms with Gasteiger partial charge in [-0.25, -0.2) is 0 Å². The van der Waals surface area contributed by atoms with Crippen LogP contribution in [0.1, 0.15) is 24.5 Å². The third kappa shape index (κ3) is 3.52. The number of hydrogen-bond donors (Lipinski definition) is 1. The van der Waals surface area contributed by atoms with Crippen molar-refractivity contribution in [2.75, 3.05) is 7.05 Å². The van der Waals surface area contributed by atoms with Crippen LogP contribution in [-0.4, -0.2) is 13.1 Å². The molecule has 1 aromatic rings. The number of hydrogen-bond acceptors (Lipinski definition) is 1. The van der Waals surface area contributed by atoms with Gasteiger partial charge in [-0.05, 0) is 31.5 Å². The van der Waals surface area contributed by atoms with Crippen molar-refractivity contribution in [1.29, 1.82) is 0 Å². The molecule has 0 aliphatic carbocycles. The smallest absolute Gasteiger partial charge is 0.317 e. The van der Waals surface area contributed by atoms with E-state index in [9.17, 15) is 13.2 Å². The Morgan fingerprint density at radius 1 is 1.31 bits per heavy atom. The van der Waals surface area contributed by atoms with Crippen molar-refractivity contribution >= 4 is 0 Å². The highest BCUT2D eigenvalue weighted by molar-refractivity contribution is 5.26. The van der Waals surface area contributed by atoms with Crippen LogP contribution < -0.4 is 5.32 Å². The number of likely N-dealkylation sites (N-methyl/N-ethyl adjacent to an activating group) is 1. The molecular formula is C12H16F3N. The summed E-state index contributed by atoms with van der Waals surface area (Å²) in [6, 6.07) is 5.74. The molecule has 0 saturated carbocycles. The van der Waals surface area contributed by atoms with E-state index in [2.05, 4.69) is 5.32 Å². The molecule has 0 aliphatic rings. The predicted molar refractivity (Wildman–Crippen MR) is 58.3 cm³/mol. The van der Waals surface area contributed by atoms with E-state index in [0.717, 1.165) is 18.1 Å². The average molecular weight is 231 g/mol. The molecule has 4 heteroatoms. The third-order valence-electron chi connectivity index (χ3n) is 2.64. The van der Waals surface area contributed by atoms with E-state index in [4.69, 9.17) is 0 Å². The van der Waals surface area contributed by atoms with Gasteiger partial charge in [0.05, 0.1) is 5.56 Å². The van der Waals surface area contributed by atoms with E-state index in [-0.39, 0.29) is 6.04 Å². The molecule has 0 aromatic heterocycles. The summed E-state index contributed by atoms with van der Waals surface area (Å²) in [5.74, 6) is 0. The van der Waals surface area contributed by atoms with Gasteiger partial charge in [0.25, 0.3) is 0 Å². The number of benzene rings is 1. The Hall–Kier alpha value is -1.03. The highest BCUT2D eigenvalue weighted by Crippen LogP contribution is 2.29. The Bertz CT molecular complexity index is 329. The molecule has 0 radical (unpaired) electrons. The van der Waals surface area contributed by atoms with Gasteiger partial charge in [-0.2, -0.15) is 13.2 Å². The van der Waals surface area contributed by atoms with Gasteiger partial charge in [-0.15, -0.1) is 0 Å². The fourth-order valence-electron chi connectivity index (χ4n) is 1.61. The summed E-state index contributed by atoms with van der Waals surface area (Å²) in [6.07, 6.45) is -2.74. The molecule has 0 saturated heterocycles. The van der Waals surface area contributed by atoms with E-state index >= 15 is 0 Å². The Balaban J connectivity index is 2.82. The minimum atomic E-state index is -4.25. The first-order valence-electron chi connectivity index (χ1n) is 5.30. The quantitative estimate of drug-likeness (QED) is 0.838. The number of rotatable bonds is 4. The van der Waals surface area contributed by atoms with Crippen molar-refractivity contribution in [3.63, 3.8) is 0 Å². The summed E-state index contributed by atoms with van der Waals surface area (Å²) >= 11 is 0. The first kappa shape index (κ1) is 13.0. The maximum absolute atomic E-state index is 12.5. The molecule has 0 bridgehead atoms. The van der Waals surface area contributed by atoms with Crippen LogP contribution in [0.3, 0.4) is 0 Å². The second-order valence-corrected chi connectivity index (χ2v) is 3.80. The van der Waals surface area contributed by atoms with Crippen molar-refractivity contribution in [3.05, 3.63) is 35.4 Å². The Labute approximate surface area is 93.7 Å². The summed E-state index contributed by atoms with van der Waals surface area (Å²) in [4.78, 5) is 0. The van der Waals surface area contributed by atoms with E-state index in [1.807, 2.05) is 14.0 Å². The van der Waals surface area contributed by atoms with Crippen LogP contribution >= 0.6 is 0 Å². The molecule has 1 N–H and O–H groups in total. The summed E-state index contributed by atoms with van der Waals surface area (Å²) < 4.78 is 37.4. The van der Waals surface area contributed by atoms with Gasteiger partial charge in [0.1, 0.15) is 0 Å². The van der Waals surface area contributed by atoms with Gasteiger partial charge < -0.3 is 5.32 Å². The molecule has 0 aliphatic heterocycles. The van der Waals surface area contributed by atoms with Crippen LogP contribution in [0.4, 0.5) is 13.2 Å². The van der Waals surface area contributed by atoms with Crippen LogP contribution in [0.15, 0.2) is 24.3 Å². The molecule has 1 rings (SSSR count). The summed E-state index contributed by atoms with van der Waals surface area (Å²) in [7, 11) is 1.82. The van der Waals surface area contributed by atoms with Crippen LogP contribution in [0.25, 0.3) is 0 Å². The van der Waals surface area contributed by atoms with E-state index in [0.29, 0.717) is 6.42 Å². The standard InChI is InChI=1S/C12H16F3N/c1-3-11(16-2)8-9-5-4-6-10(7-9)12(13,14)15/h4-7,11,16H,3,8H2,1-2H3/t11-/m1/s1. The number of halogens is 3. The number of nitrogens with one attached hydrogen (secondary N) is 1. The van der Waals surface area contributed by atoms with Gasteiger partial charge in [-0.3, -0.25) is 0 Å². The summed E-state index contributed by atoms with van der Waals surface area (Å²) in [5.41, 5.74) is 0.145. The molecule has 1 atom stereocenters. The summed E-state index contributed by atoms with van der Waals surface area (Å²) in [6.45, 7) is 2.01. The van der Waals surface area contributed by atoms with Gasteiger partial charge >= 0.3 is 6.18 Å². The van der Waals surface area contributed by atoms with Gasteiger partial charge in [-0.1, -0.05) is 25.1 Å². The minimum Gasteiger partial charge on any atom is -0.317 e. The molecule has 90 valence electrons. The van der Waals surface area contributed by atoms with Gasteiger partial charge in [0.2, 0.25) is 0 Å². The second-order valence-electron chi connectivity index (χ2n) is 3.80. The molecular weight excluding hydrogens is 215 g/mol. The number of alkyl halides is 3. The first-order chi connectivity index (χ1) is 7.47. The van der Waals surface area contributed by atoms with Crippen molar-refractivity contribution < 1.29 is 13.2 Å². The van der Waals surface area contributed by atoms with Crippen LogP contribution in [0, 0.1) is 0 Å². The SMILES string of the molecule is CC[C@H](Cc1cccc(C(F)(F)F)c1)NC. The van der Waals surface area contributed by atoms with Crippen LogP contribution in [-0.2, 0) is 12.6 Å². The van der Waals surface area contributed by atoms with Gasteiger partial charge in [0, 0.05) is 6.04 Å². The van der Waals surface area contributed by atoms with Crippen molar-refractivity contribution in [2.24, 2.45) is 0 Å². The highest BCUT2D eigenvalue weighted by Gasteiger charge is 2.30. The molecule has 0 unspecified atom stereocenters. The van der Waals surface area contributed by atoms with Gasteiger partial charge in [0.15, 0.2) is 0 Å². The Morgan fingerprint density at radius 2 is 2.00 bits per heavy atom. The minimum absolute atomic E-state index is 0.225. The van der Waals surface area contributed by atoms with Crippen molar-refractivity contribution in [1.82, 2.24) is 5.32 Å². The normalized spacial score (nSPS) is 13.8. The molecule has 16 heavy (non-hydrogen) atoms. The first-order valence-corrected chi connectivity index (χ1v) is 5.30. The zero-order chi connectivity index (χ0) is 12.2. The second kappa shape index (κ2) is 5.34. The Kier molecular flexibility index (Phi) is 4.35.